The first-order chi connectivity index (χ1) is 18.0. The highest BCUT2D eigenvalue weighted by atomic mass is 19.1. The Labute approximate surface area is 220 Å². The molecule has 3 aromatic rings. The fraction of sp³-hybridized carbons (Fsp3) is 0.333. The van der Waals surface area contributed by atoms with Crippen molar-refractivity contribution in [3.8, 4) is 28.3 Å². The van der Waals surface area contributed by atoms with Gasteiger partial charge in [0, 0.05) is 36.7 Å². The SMILES string of the molecule is CC(C)(O)CC1OCc2cc(-c3ccc(C(=O)N4CC[C@H](N)C4)cc3-c3ccc(C#N)c(F)c3)c(F)cc21. The molecular formula is C30H29F2N3O3. The summed E-state index contributed by atoms with van der Waals surface area (Å²) in [6, 6.07) is 14.0. The Morgan fingerprint density at radius 2 is 1.92 bits per heavy atom. The maximum Gasteiger partial charge on any atom is 0.253 e. The lowest BCUT2D eigenvalue weighted by Gasteiger charge is -2.22. The smallest absolute Gasteiger partial charge is 0.253 e. The zero-order valence-corrected chi connectivity index (χ0v) is 21.3. The third-order valence-electron chi connectivity index (χ3n) is 7.17. The molecule has 0 aromatic heterocycles. The molecule has 2 atom stereocenters. The Hall–Kier alpha value is -3.64. The summed E-state index contributed by atoms with van der Waals surface area (Å²) in [5.74, 6) is -1.39. The highest BCUT2D eigenvalue weighted by Gasteiger charge is 2.31. The van der Waals surface area contributed by atoms with Gasteiger partial charge in [-0.3, -0.25) is 4.79 Å². The van der Waals surface area contributed by atoms with Crippen molar-refractivity contribution in [1.29, 1.82) is 5.26 Å². The number of halogens is 2. The highest BCUT2D eigenvalue weighted by molar-refractivity contribution is 5.98. The molecule has 0 aliphatic carbocycles. The van der Waals surface area contributed by atoms with Gasteiger partial charge in [0.25, 0.3) is 5.91 Å². The van der Waals surface area contributed by atoms with Crippen LogP contribution in [0.1, 0.15) is 59.8 Å². The molecule has 2 heterocycles. The third kappa shape index (κ3) is 5.05. The summed E-state index contributed by atoms with van der Waals surface area (Å²) in [6.07, 6.45) is 0.618. The van der Waals surface area contributed by atoms with E-state index in [1.807, 2.05) is 6.07 Å². The number of nitrogens with two attached hydrogens (primary N) is 1. The van der Waals surface area contributed by atoms with E-state index >= 15 is 4.39 Å². The molecule has 196 valence electrons. The predicted molar refractivity (Wildman–Crippen MR) is 139 cm³/mol. The zero-order chi connectivity index (χ0) is 27.2. The van der Waals surface area contributed by atoms with Gasteiger partial charge in [-0.2, -0.15) is 5.26 Å². The minimum absolute atomic E-state index is 0.0757. The summed E-state index contributed by atoms with van der Waals surface area (Å²) >= 11 is 0. The molecule has 2 aliphatic heterocycles. The normalized spacial score (nSPS) is 18.9. The van der Waals surface area contributed by atoms with E-state index in [9.17, 15) is 14.3 Å². The quantitative estimate of drug-likeness (QED) is 0.492. The first-order valence-electron chi connectivity index (χ1n) is 12.6. The van der Waals surface area contributed by atoms with E-state index in [1.54, 1.807) is 49.1 Å². The summed E-state index contributed by atoms with van der Waals surface area (Å²) in [6.45, 7) is 4.64. The van der Waals surface area contributed by atoms with Gasteiger partial charge in [0.2, 0.25) is 0 Å². The molecule has 38 heavy (non-hydrogen) atoms. The largest absolute Gasteiger partial charge is 0.390 e. The predicted octanol–water partition coefficient (Wildman–Crippen LogP) is 5.08. The second kappa shape index (κ2) is 9.91. The number of nitriles is 1. The van der Waals surface area contributed by atoms with Crippen molar-refractivity contribution in [1.82, 2.24) is 4.90 Å². The number of hydrogen-bond acceptors (Lipinski definition) is 5. The van der Waals surface area contributed by atoms with Gasteiger partial charge in [0.05, 0.1) is 23.9 Å². The van der Waals surface area contributed by atoms with Gasteiger partial charge in [-0.25, -0.2) is 8.78 Å². The average molecular weight is 518 g/mol. The maximum atomic E-state index is 15.7. The highest BCUT2D eigenvalue weighted by Crippen LogP contribution is 2.42. The number of fused-ring (bicyclic) bond motifs is 1. The van der Waals surface area contributed by atoms with Crippen LogP contribution >= 0.6 is 0 Å². The van der Waals surface area contributed by atoms with E-state index in [0.29, 0.717) is 59.3 Å². The number of carbonyl (C=O) groups excluding carboxylic acids is 1. The van der Waals surface area contributed by atoms with E-state index in [1.165, 1.54) is 18.2 Å². The molecule has 8 heteroatoms. The van der Waals surface area contributed by atoms with Crippen molar-refractivity contribution in [2.45, 2.75) is 51.0 Å². The number of benzene rings is 3. The van der Waals surface area contributed by atoms with Crippen LogP contribution in [0.4, 0.5) is 8.78 Å². The van der Waals surface area contributed by atoms with Crippen LogP contribution in [0.2, 0.25) is 0 Å². The summed E-state index contributed by atoms with van der Waals surface area (Å²) < 4.78 is 36.1. The molecule has 3 N–H and O–H groups in total. The van der Waals surface area contributed by atoms with Crippen LogP contribution in [0, 0.1) is 23.0 Å². The molecule has 1 unspecified atom stereocenters. The number of amides is 1. The van der Waals surface area contributed by atoms with Gasteiger partial charge in [-0.1, -0.05) is 12.1 Å². The van der Waals surface area contributed by atoms with Crippen LogP contribution in [0.3, 0.4) is 0 Å². The van der Waals surface area contributed by atoms with Crippen molar-refractivity contribution in [2.75, 3.05) is 13.1 Å². The number of nitrogens with zero attached hydrogens (tertiary/aromatic N) is 2. The Kier molecular flexibility index (Phi) is 6.78. The Bertz CT molecular complexity index is 1460. The molecule has 0 radical (unpaired) electrons. The van der Waals surface area contributed by atoms with Gasteiger partial charge in [-0.15, -0.1) is 0 Å². The standard InChI is InChI=1S/C30H29F2N3O3/c1-30(2,37)13-28-24-12-27(32)25(10-20(24)16-38-28)22-6-5-18(29(36)35-8-7-21(34)15-35)9-23(22)17-3-4-19(14-33)26(31)11-17/h3-6,9-12,21,28,37H,7-8,13,15-16,34H2,1-2H3/t21-,28?/m0/s1. The molecule has 0 bridgehead atoms. The summed E-state index contributed by atoms with van der Waals surface area (Å²) in [5.41, 5.74) is 8.44. The number of carbonyl (C=O) groups is 1. The fourth-order valence-electron chi connectivity index (χ4n) is 5.25. The van der Waals surface area contributed by atoms with Crippen LogP contribution in [0.25, 0.3) is 22.3 Å². The second-order valence-corrected chi connectivity index (χ2v) is 10.7. The van der Waals surface area contributed by atoms with Crippen LogP contribution in [0.5, 0.6) is 0 Å². The van der Waals surface area contributed by atoms with Crippen molar-refractivity contribution >= 4 is 5.91 Å². The Balaban J connectivity index is 1.61. The molecule has 1 amide bonds. The molecule has 6 nitrogen and oxygen atoms in total. The number of rotatable bonds is 5. The van der Waals surface area contributed by atoms with Crippen LogP contribution in [0.15, 0.2) is 48.5 Å². The first-order valence-corrected chi connectivity index (χ1v) is 12.6. The lowest BCUT2D eigenvalue weighted by molar-refractivity contribution is -0.0146. The van der Waals surface area contributed by atoms with Crippen LogP contribution < -0.4 is 5.73 Å². The van der Waals surface area contributed by atoms with E-state index in [4.69, 9.17) is 15.7 Å². The fourth-order valence-corrected chi connectivity index (χ4v) is 5.25. The van der Waals surface area contributed by atoms with Crippen molar-refractivity contribution in [3.63, 3.8) is 0 Å². The van der Waals surface area contributed by atoms with Gasteiger partial charge in [0.1, 0.15) is 17.7 Å². The maximum absolute atomic E-state index is 15.7. The molecule has 3 aromatic carbocycles. The molecule has 2 aliphatic rings. The summed E-state index contributed by atoms with van der Waals surface area (Å²) in [7, 11) is 0. The lowest BCUT2D eigenvalue weighted by Crippen LogP contribution is -2.31. The topological polar surface area (TPSA) is 99.6 Å². The monoisotopic (exact) mass is 517 g/mol. The van der Waals surface area contributed by atoms with Gasteiger partial charge < -0.3 is 20.5 Å². The van der Waals surface area contributed by atoms with Crippen molar-refractivity contribution in [2.24, 2.45) is 5.73 Å². The molecule has 0 spiro atoms. The molecule has 1 saturated heterocycles. The molecule has 5 rings (SSSR count). The Morgan fingerprint density at radius 3 is 2.58 bits per heavy atom. The molecule has 0 saturated carbocycles. The van der Waals surface area contributed by atoms with Gasteiger partial charge >= 0.3 is 0 Å². The summed E-state index contributed by atoms with van der Waals surface area (Å²) in [4.78, 5) is 14.9. The molecular weight excluding hydrogens is 488 g/mol. The third-order valence-corrected chi connectivity index (χ3v) is 7.17. The van der Waals surface area contributed by atoms with Crippen molar-refractivity contribution in [3.05, 3.63) is 82.4 Å². The minimum Gasteiger partial charge on any atom is -0.390 e. The number of aliphatic hydroxyl groups is 1. The average Bonchev–Trinajstić information content (AvgIpc) is 3.47. The van der Waals surface area contributed by atoms with E-state index < -0.39 is 23.3 Å². The van der Waals surface area contributed by atoms with Gasteiger partial charge in [0.15, 0.2) is 0 Å². The second-order valence-electron chi connectivity index (χ2n) is 10.7. The lowest BCUT2D eigenvalue weighted by atomic mass is 9.89. The molecule has 1 fully saturated rings. The number of ether oxygens (including phenoxy) is 1. The number of likely N-dealkylation sites (tertiary alicyclic amines) is 1. The van der Waals surface area contributed by atoms with Crippen LogP contribution in [-0.4, -0.2) is 40.6 Å². The van der Waals surface area contributed by atoms with E-state index in [0.717, 1.165) is 5.56 Å². The summed E-state index contributed by atoms with van der Waals surface area (Å²) in [5, 5.41) is 19.4. The minimum atomic E-state index is -0.976. The zero-order valence-electron chi connectivity index (χ0n) is 21.3. The first kappa shape index (κ1) is 26.0. The van der Waals surface area contributed by atoms with E-state index in [-0.39, 0.29) is 24.1 Å². The van der Waals surface area contributed by atoms with E-state index in [2.05, 4.69) is 0 Å². The van der Waals surface area contributed by atoms with Crippen LogP contribution in [-0.2, 0) is 11.3 Å². The Morgan fingerprint density at radius 1 is 1.13 bits per heavy atom. The number of hydrogen-bond donors (Lipinski definition) is 2. The van der Waals surface area contributed by atoms with Gasteiger partial charge in [-0.05, 0) is 84.5 Å². The van der Waals surface area contributed by atoms with Crippen molar-refractivity contribution < 1.29 is 23.4 Å².